The summed E-state index contributed by atoms with van der Waals surface area (Å²) in [6.45, 7) is -2.48. The van der Waals surface area contributed by atoms with Crippen molar-refractivity contribution in [2.75, 3.05) is 7.05 Å². The molecular formula is C20H18F3N3O2. The molecule has 3 aromatic rings. The first-order valence-electron chi connectivity index (χ1n) is 10.1. The molecule has 0 radical (unpaired) electrons. The third-order valence-electron chi connectivity index (χ3n) is 4.80. The zero-order valence-corrected chi connectivity index (χ0v) is 14.7. The number of carbonyl (C=O) groups excluding carboxylic acids is 1. The number of halogens is 3. The lowest BCUT2D eigenvalue weighted by Crippen LogP contribution is -2.20. The molecule has 0 aliphatic heterocycles. The fourth-order valence-corrected chi connectivity index (χ4v) is 3.34. The van der Waals surface area contributed by atoms with Crippen LogP contribution in [0.1, 0.15) is 27.6 Å². The van der Waals surface area contributed by atoms with Gasteiger partial charge >= 0.3 is 6.18 Å². The van der Waals surface area contributed by atoms with E-state index in [1.807, 2.05) is 0 Å². The Bertz CT molecular complexity index is 1140. The van der Waals surface area contributed by atoms with Crippen LogP contribution in [0.4, 0.5) is 13.2 Å². The first-order chi connectivity index (χ1) is 14.5. The highest BCUT2D eigenvalue weighted by molar-refractivity contribution is 5.88. The number of fused-ring (bicyclic) bond motifs is 1. The Morgan fingerprint density at radius 3 is 2.68 bits per heavy atom. The molecule has 0 saturated heterocycles. The van der Waals surface area contributed by atoms with E-state index in [1.54, 1.807) is 19.2 Å². The predicted molar refractivity (Wildman–Crippen MR) is 97.1 cm³/mol. The van der Waals surface area contributed by atoms with E-state index in [9.17, 15) is 18.0 Å². The van der Waals surface area contributed by atoms with Crippen LogP contribution in [0.15, 0.2) is 42.6 Å². The van der Waals surface area contributed by atoms with Gasteiger partial charge < -0.3 is 10.1 Å². The summed E-state index contributed by atoms with van der Waals surface area (Å²) in [5, 5.41) is 7.29. The Hall–Kier alpha value is -3.03. The number of ether oxygens (including phenoxy) is 1. The van der Waals surface area contributed by atoms with Crippen molar-refractivity contribution in [3.63, 3.8) is 0 Å². The monoisotopic (exact) mass is 392 g/mol. The molecule has 2 aromatic carbocycles. The average Bonchev–Trinajstić information content (AvgIpc) is 3.36. The summed E-state index contributed by atoms with van der Waals surface area (Å²) < 4.78 is 67.7. The second-order valence-electron chi connectivity index (χ2n) is 6.71. The predicted octanol–water partition coefficient (Wildman–Crippen LogP) is 4.23. The maximum Gasteiger partial charge on any atom is 0.416 e. The van der Waals surface area contributed by atoms with E-state index in [2.05, 4.69) is 10.4 Å². The standard InChI is InChI=1S/C20H18F3N3O2/c1-24-19(27)17-9-15(17)16-8-14(7-11-10-26(2)25-18(11)16)28-13-5-3-12(4-6-13)20(21,22)23/h3-8,10,15,17H,9H2,1-2H3,(H,24,27)/t15-,17+/m1/s1/i2D3. The van der Waals surface area contributed by atoms with Crippen molar-refractivity contribution >= 4 is 16.8 Å². The van der Waals surface area contributed by atoms with Crippen LogP contribution in [-0.2, 0) is 17.9 Å². The zero-order chi connectivity index (χ0) is 22.6. The third-order valence-corrected chi connectivity index (χ3v) is 4.80. The molecule has 4 rings (SSSR count). The molecular weight excluding hydrogens is 371 g/mol. The highest BCUT2D eigenvalue weighted by Gasteiger charge is 2.45. The van der Waals surface area contributed by atoms with Crippen LogP contribution in [0, 0.1) is 5.92 Å². The minimum absolute atomic E-state index is 0.123. The van der Waals surface area contributed by atoms with Crippen LogP contribution in [0.2, 0.25) is 0 Å². The van der Waals surface area contributed by atoms with Gasteiger partial charge in [0.25, 0.3) is 0 Å². The summed E-state index contributed by atoms with van der Waals surface area (Å²) in [7, 11) is 1.54. The normalized spacial score (nSPS) is 20.9. The van der Waals surface area contributed by atoms with E-state index in [0.29, 0.717) is 28.6 Å². The lowest BCUT2D eigenvalue weighted by atomic mass is 10.0. The number of nitrogens with one attached hydrogen (secondary N) is 1. The second kappa shape index (κ2) is 6.54. The molecule has 1 aliphatic carbocycles. The number of aromatic nitrogens is 2. The van der Waals surface area contributed by atoms with Crippen molar-refractivity contribution in [1.82, 2.24) is 15.1 Å². The average molecular weight is 392 g/mol. The molecule has 0 spiro atoms. The van der Waals surface area contributed by atoms with Crippen molar-refractivity contribution in [3.8, 4) is 11.5 Å². The van der Waals surface area contributed by atoms with Gasteiger partial charge in [0.05, 0.1) is 11.1 Å². The number of benzene rings is 2. The van der Waals surface area contributed by atoms with Crippen LogP contribution in [0.25, 0.3) is 10.9 Å². The van der Waals surface area contributed by atoms with Crippen molar-refractivity contribution in [1.29, 1.82) is 0 Å². The van der Waals surface area contributed by atoms with Gasteiger partial charge in [-0.05, 0) is 54.3 Å². The maximum absolute atomic E-state index is 12.8. The largest absolute Gasteiger partial charge is 0.457 e. The van der Waals surface area contributed by atoms with E-state index < -0.39 is 18.7 Å². The van der Waals surface area contributed by atoms with Crippen LogP contribution >= 0.6 is 0 Å². The molecule has 0 bridgehead atoms. The Balaban J connectivity index is 1.71. The van der Waals surface area contributed by atoms with Gasteiger partial charge in [-0.1, -0.05) is 0 Å². The lowest BCUT2D eigenvalue weighted by Gasteiger charge is -2.11. The summed E-state index contributed by atoms with van der Waals surface area (Å²) in [6.07, 6.45) is -2.50. The van der Waals surface area contributed by atoms with Gasteiger partial charge in [-0.2, -0.15) is 18.3 Å². The van der Waals surface area contributed by atoms with Crippen LogP contribution in [-0.4, -0.2) is 22.7 Å². The molecule has 5 nitrogen and oxygen atoms in total. The highest BCUT2D eigenvalue weighted by atomic mass is 19.4. The summed E-state index contributed by atoms with van der Waals surface area (Å²) >= 11 is 0. The third kappa shape index (κ3) is 3.42. The van der Waals surface area contributed by atoms with E-state index >= 15 is 0 Å². The Kier molecular flexibility index (Phi) is 3.49. The van der Waals surface area contributed by atoms with Crippen molar-refractivity contribution < 1.29 is 26.8 Å². The number of hydrogen-bond donors (Lipinski definition) is 1. The molecule has 146 valence electrons. The van der Waals surface area contributed by atoms with E-state index in [4.69, 9.17) is 8.85 Å². The number of alkyl halides is 3. The molecule has 1 aromatic heterocycles. The molecule has 2 atom stereocenters. The molecule has 0 unspecified atom stereocenters. The minimum atomic E-state index is -4.45. The summed E-state index contributed by atoms with van der Waals surface area (Å²) in [4.78, 5) is 12.0. The van der Waals surface area contributed by atoms with Gasteiger partial charge in [0, 0.05) is 35.6 Å². The number of hydrogen-bond acceptors (Lipinski definition) is 3. The summed E-state index contributed by atoms with van der Waals surface area (Å²) in [5.41, 5.74) is 0.324. The molecule has 28 heavy (non-hydrogen) atoms. The first kappa shape index (κ1) is 15.0. The first-order valence-corrected chi connectivity index (χ1v) is 8.58. The summed E-state index contributed by atoms with van der Waals surface area (Å²) in [5.74, 6) is -0.0245. The smallest absolute Gasteiger partial charge is 0.416 e. The Labute approximate surface area is 163 Å². The zero-order valence-electron chi connectivity index (χ0n) is 17.7. The fourth-order valence-electron chi connectivity index (χ4n) is 3.34. The maximum atomic E-state index is 12.8. The fraction of sp³-hybridized carbons (Fsp3) is 0.300. The van der Waals surface area contributed by atoms with Gasteiger partial charge in [0.1, 0.15) is 11.5 Å². The number of nitrogens with zero attached hydrogens (tertiary/aromatic N) is 2. The Morgan fingerprint density at radius 1 is 1.29 bits per heavy atom. The SMILES string of the molecule is [2H]C([2H])([2H])n1cc2cc(Oc3ccc(C(F)(F)F)cc3)cc([C@H]3C[C@@H]3C(=O)NC)c2n1. The number of rotatable bonds is 4. The van der Waals surface area contributed by atoms with E-state index in [0.717, 1.165) is 16.8 Å². The van der Waals surface area contributed by atoms with Crippen LogP contribution in [0.3, 0.4) is 0 Å². The molecule has 1 fully saturated rings. The lowest BCUT2D eigenvalue weighted by molar-refractivity contribution is -0.137. The molecule has 1 heterocycles. The van der Waals surface area contributed by atoms with Crippen molar-refractivity contribution in [2.24, 2.45) is 12.9 Å². The van der Waals surface area contributed by atoms with Gasteiger partial charge in [-0.3, -0.25) is 9.48 Å². The molecule has 1 amide bonds. The van der Waals surface area contributed by atoms with Crippen LogP contribution in [0.5, 0.6) is 11.5 Å². The highest BCUT2D eigenvalue weighted by Crippen LogP contribution is 2.50. The molecule has 1 N–H and O–H groups in total. The van der Waals surface area contributed by atoms with Gasteiger partial charge in [0.2, 0.25) is 5.91 Å². The minimum Gasteiger partial charge on any atom is -0.457 e. The number of aryl methyl sites for hydroxylation is 1. The molecule has 1 saturated carbocycles. The molecule has 8 heteroatoms. The number of carbonyl (C=O) groups is 1. The van der Waals surface area contributed by atoms with E-state index in [-0.39, 0.29) is 23.5 Å². The summed E-state index contributed by atoms with van der Waals surface area (Å²) in [6, 6.07) is 7.49. The quantitative estimate of drug-likeness (QED) is 0.723. The number of amides is 1. The van der Waals surface area contributed by atoms with Crippen molar-refractivity contribution in [3.05, 3.63) is 53.7 Å². The van der Waals surface area contributed by atoms with Crippen molar-refractivity contribution in [2.45, 2.75) is 18.5 Å². The van der Waals surface area contributed by atoms with Gasteiger partial charge in [0.15, 0.2) is 0 Å². The Morgan fingerprint density at radius 2 is 2.04 bits per heavy atom. The van der Waals surface area contributed by atoms with Gasteiger partial charge in [-0.15, -0.1) is 0 Å². The molecule has 1 aliphatic rings. The van der Waals surface area contributed by atoms with E-state index in [1.165, 1.54) is 18.3 Å². The van der Waals surface area contributed by atoms with Gasteiger partial charge in [-0.25, -0.2) is 0 Å². The topological polar surface area (TPSA) is 56.1 Å². The second-order valence-corrected chi connectivity index (χ2v) is 6.71. The van der Waals surface area contributed by atoms with Crippen LogP contribution < -0.4 is 10.1 Å².